The summed E-state index contributed by atoms with van der Waals surface area (Å²) in [7, 11) is 0. The highest BCUT2D eigenvalue weighted by Gasteiger charge is 2.10. The Bertz CT molecular complexity index is 868. The van der Waals surface area contributed by atoms with Gasteiger partial charge in [-0.3, -0.25) is 15.1 Å². The van der Waals surface area contributed by atoms with E-state index in [1.165, 1.54) is 11.3 Å². The van der Waals surface area contributed by atoms with Gasteiger partial charge < -0.3 is 10.6 Å². The van der Waals surface area contributed by atoms with Gasteiger partial charge in [-0.15, -0.1) is 11.3 Å². The number of urea groups is 1. The van der Waals surface area contributed by atoms with Crippen molar-refractivity contribution in [3.8, 4) is 0 Å². The molecule has 0 atom stereocenters. The van der Waals surface area contributed by atoms with Gasteiger partial charge in [0.1, 0.15) is 0 Å². The number of thiazole rings is 1. The first kappa shape index (κ1) is 17.6. The number of carbonyl (C=O) groups excluding carboxylic acids is 2. The van der Waals surface area contributed by atoms with Crippen LogP contribution in [0.3, 0.4) is 0 Å². The number of rotatable bonds is 6. The zero-order valence-electron chi connectivity index (χ0n) is 13.8. The van der Waals surface area contributed by atoms with Gasteiger partial charge in [-0.05, 0) is 23.8 Å². The molecule has 7 nitrogen and oxygen atoms in total. The van der Waals surface area contributed by atoms with Crippen LogP contribution >= 0.6 is 11.3 Å². The maximum Gasteiger partial charge on any atom is 0.325 e. The zero-order chi connectivity index (χ0) is 18.2. The molecule has 8 heteroatoms. The Kier molecular flexibility index (Phi) is 5.89. The van der Waals surface area contributed by atoms with Crippen molar-refractivity contribution in [3.63, 3.8) is 0 Å². The Morgan fingerprint density at radius 1 is 1.04 bits per heavy atom. The average molecular weight is 367 g/mol. The maximum atomic E-state index is 12.0. The van der Waals surface area contributed by atoms with E-state index < -0.39 is 0 Å². The molecule has 3 rings (SSSR count). The highest BCUT2D eigenvalue weighted by Crippen LogP contribution is 2.16. The lowest BCUT2D eigenvalue weighted by Gasteiger charge is -2.05. The number of nitrogens with one attached hydrogen (secondary N) is 3. The normalized spacial score (nSPS) is 10.2. The third-order valence-corrected chi connectivity index (χ3v) is 4.16. The van der Waals surface area contributed by atoms with E-state index in [2.05, 4.69) is 25.9 Å². The lowest BCUT2D eigenvalue weighted by molar-refractivity contribution is -0.120. The Morgan fingerprint density at radius 3 is 2.65 bits per heavy atom. The van der Waals surface area contributed by atoms with Crippen molar-refractivity contribution in [2.24, 2.45) is 0 Å². The molecule has 0 spiro atoms. The van der Waals surface area contributed by atoms with Crippen molar-refractivity contribution >= 4 is 34.1 Å². The van der Waals surface area contributed by atoms with Crippen molar-refractivity contribution < 1.29 is 9.59 Å². The number of aromatic nitrogens is 2. The van der Waals surface area contributed by atoms with Gasteiger partial charge in [-0.2, -0.15) is 0 Å². The number of anilines is 2. The minimum atomic E-state index is -0.377. The molecule has 0 fully saturated rings. The topological polar surface area (TPSA) is 96.0 Å². The molecule has 3 aromatic rings. The molecule has 3 amide bonds. The fourth-order valence-corrected chi connectivity index (χ4v) is 2.86. The summed E-state index contributed by atoms with van der Waals surface area (Å²) in [6.45, 7) is 0.418. The predicted molar refractivity (Wildman–Crippen MR) is 101 cm³/mol. The highest BCUT2D eigenvalue weighted by molar-refractivity contribution is 7.14. The van der Waals surface area contributed by atoms with Crippen LogP contribution in [0.25, 0.3) is 0 Å². The third kappa shape index (κ3) is 5.38. The Labute approximate surface area is 154 Å². The van der Waals surface area contributed by atoms with Crippen LogP contribution in [0.1, 0.15) is 11.3 Å². The van der Waals surface area contributed by atoms with E-state index >= 15 is 0 Å². The van der Waals surface area contributed by atoms with E-state index in [0.717, 1.165) is 5.56 Å². The number of hydrogen-bond acceptors (Lipinski definition) is 5. The molecule has 2 aromatic heterocycles. The molecule has 0 aliphatic carbocycles. The van der Waals surface area contributed by atoms with Gasteiger partial charge in [0.15, 0.2) is 5.13 Å². The lowest BCUT2D eigenvalue weighted by atomic mass is 10.2. The van der Waals surface area contributed by atoms with Crippen molar-refractivity contribution in [1.29, 1.82) is 0 Å². The van der Waals surface area contributed by atoms with Gasteiger partial charge in [0.05, 0.1) is 12.1 Å². The van der Waals surface area contributed by atoms with Crippen LogP contribution in [0.4, 0.5) is 15.6 Å². The second kappa shape index (κ2) is 8.72. The van der Waals surface area contributed by atoms with E-state index in [4.69, 9.17) is 0 Å². The molecule has 0 bridgehead atoms. The first-order valence-electron chi connectivity index (χ1n) is 7.92. The molecular formula is C18H17N5O2S. The molecule has 0 unspecified atom stereocenters. The summed E-state index contributed by atoms with van der Waals surface area (Å²) in [4.78, 5) is 32.2. The van der Waals surface area contributed by atoms with Crippen LogP contribution in [0.2, 0.25) is 0 Å². The molecule has 3 N–H and O–H groups in total. The van der Waals surface area contributed by atoms with Crippen molar-refractivity contribution in [2.75, 3.05) is 10.6 Å². The Morgan fingerprint density at radius 2 is 1.88 bits per heavy atom. The van der Waals surface area contributed by atoms with Crippen LogP contribution in [-0.4, -0.2) is 21.9 Å². The second-order valence-electron chi connectivity index (χ2n) is 5.40. The minimum Gasteiger partial charge on any atom is -0.352 e. The van der Waals surface area contributed by atoms with Crippen LogP contribution in [0.15, 0.2) is 60.2 Å². The summed E-state index contributed by atoms with van der Waals surface area (Å²) in [5.74, 6) is -0.139. The lowest BCUT2D eigenvalue weighted by Crippen LogP contribution is -2.24. The summed E-state index contributed by atoms with van der Waals surface area (Å²) in [5.41, 5.74) is 2.23. The van der Waals surface area contributed by atoms with Crippen LogP contribution in [0.5, 0.6) is 0 Å². The number of hydrogen-bond donors (Lipinski definition) is 3. The Hall–Kier alpha value is -3.26. The maximum absolute atomic E-state index is 12.0. The molecule has 0 aliphatic heterocycles. The van der Waals surface area contributed by atoms with Crippen molar-refractivity contribution in [2.45, 2.75) is 13.0 Å². The fourth-order valence-electron chi connectivity index (χ4n) is 2.16. The number of benzene rings is 1. The molecule has 132 valence electrons. The number of amides is 3. The minimum absolute atomic E-state index is 0.139. The highest BCUT2D eigenvalue weighted by atomic mass is 32.1. The summed E-state index contributed by atoms with van der Waals surface area (Å²) < 4.78 is 0. The SMILES string of the molecule is O=C(Cc1csc(NC(=O)Nc2ccccc2)n1)NCc1cccnc1. The molecule has 1 aromatic carbocycles. The summed E-state index contributed by atoms with van der Waals surface area (Å²) in [5, 5.41) is 10.4. The monoisotopic (exact) mass is 367 g/mol. The first-order valence-corrected chi connectivity index (χ1v) is 8.80. The standard InChI is InChI=1S/C18H17N5O2S/c24-16(20-11-13-5-4-8-19-10-13)9-15-12-26-18(22-15)23-17(25)21-14-6-2-1-3-7-14/h1-8,10,12H,9,11H2,(H,20,24)(H2,21,22,23,25). The quantitative estimate of drug-likeness (QED) is 0.624. The average Bonchev–Trinajstić information content (AvgIpc) is 3.08. The number of pyridine rings is 1. The van der Waals surface area contributed by atoms with E-state index in [1.54, 1.807) is 29.9 Å². The third-order valence-electron chi connectivity index (χ3n) is 3.36. The predicted octanol–water partition coefficient (Wildman–Crippen LogP) is 3.04. The van der Waals surface area contributed by atoms with Crippen LogP contribution < -0.4 is 16.0 Å². The first-order chi connectivity index (χ1) is 12.7. The Balaban J connectivity index is 1.46. The summed E-state index contributed by atoms with van der Waals surface area (Å²) in [6.07, 6.45) is 3.54. The summed E-state index contributed by atoms with van der Waals surface area (Å²) >= 11 is 1.27. The van der Waals surface area contributed by atoms with Gasteiger partial charge in [0.25, 0.3) is 0 Å². The molecule has 0 saturated carbocycles. The van der Waals surface area contributed by atoms with E-state index in [0.29, 0.717) is 23.1 Å². The van der Waals surface area contributed by atoms with Gasteiger partial charge in [-0.25, -0.2) is 9.78 Å². The second-order valence-corrected chi connectivity index (χ2v) is 6.26. The largest absolute Gasteiger partial charge is 0.352 e. The van der Waals surface area contributed by atoms with E-state index in [-0.39, 0.29) is 18.4 Å². The smallest absolute Gasteiger partial charge is 0.325 e. The molecule has 2 heterocycles. The van der Waals surface area contributed by atoms with Crippen LogP contribution in [0, 0.1) is 0 Å². The molecule has 0 aliphatic rings. The van der Waals surface area contributed by atoms with Gasteiger partial charge in [-0.1, -0.05) is 24.3 Å². The zero-order valence-corrected chi connectivity index (χ0v) is 14.6. The molecular weight excluding hydrogens is 350 g/mol. The molecule has 0 radical (unpaired) electrons. The van der Waals surface area contributed by atoms with Gasteiger partial charge >= 0.3 is 6.03 Å². The van der Waals surface area contributed by atoms with Crippen LogP contribution in [-0.2, 0) is 17.8 Å². The van der Waals surface area contributed by atoms with E-state index in [9.17, 15) is 9.59 Å². The molecule has 26 heavy (non-hydrogen) atoms. The number of para-hydroxylation sites is 1. The van der Waals surface area contributed by atoms with Gasteiger partial charge in [0.2, 0.25) is 5.91 Å². The number of nitrogens with zero attached hydrogens (tertiary/aromatic N) is 2. The summed E-state index contributed by atoms with van der Waals surface area (Å²) in [6, 6.07) is 12.5. The van der Waals surface area contributed by atoms with Gasteiger partial charge in [0, 0.05) is 30.0 Å². The number of carbonyl (C=O) groups is 2. The fraction of sp³-hybridized carbons (Fsp3) is 0.111. The van der Waals surface area contributed by atoms with E-state index in [1.807, 2.05) is 30.3 Å². The molecule has 0 saturated heterocycles. The van der Waals surface area contributed by atoms with Crippen molar-refractivity contribution in [3.05, 3.63) is 71.5 Å². The van der Waals surface area contributed by atoms with Crippen molar-refractivity contribution in [1.82, 2.24) is 15.3 Å².